The molecule has 2 aromatic carbocycles. The summed E-state index contributed by atoms with van der Waals surface area (Å²) >= 11 is 0. The van der Waals surface area contributed by atoms with E-state index in [4.69, 9.17) is 0 Å². The van der Waals surface area contributed by atoms with Crippen molar-refractivity contribution < 1.29 is 13.2 Å². The average molecular weight is 279 g/mol. The minimum atomic E-state index is -4.28. The van der Waals surface area contributed by atoms with Crippen LogP contribution in [0.4, 0.5) is 13.2 Å². The summed E-state index contributed by atoms with van der Waals surface area (Å²) in [6.45, 7) is 2.62. The fourth-order valence-electron chi connectivity index (χ4n) is 1.95. The van der Waals surface area contributed by atoms with E-state index in [0.29, 0.717) is 6.54 Å². The maximum atomic E-state index is 12.5. The second-order valence-corrected chi connectivity index (χ2v) is 4.71. The van der Waals surface area contributed by atoms with Gasteiger partial charge < -0.3 is 5.32 Å². The molecule has 0 aliphatic rings. The van der Waals surface area contributed by atoms with Crippen molar-refractivity contribution in [1.82, 2.24) is 5.32 Å². The molecule has 0 spiro atoms. The van der Waals surface area contributed by atoms with Crippen LogP contribution in [-0.4, -0.2) is 0 Å². The lowest BCUT2D eigenvalue weighted by molar-refractivity contribution is -0.137. The Hall–Kier alpha value is -1.81. The van der Waals surface area contributed by atoms with Crippen molar-refractivity contribution in [3.8, 4) is 0 Å². The molecule has 0 aliphatic heterocycles. The van der Waals surface area contributed by atoms with Crippen LogP contribution in [0, 0.1) is 0 Å². The van der Waals surface area contributed by atoms with Gasteiger partial charge in [-0.25, -0.2) is 0 Å². The van der Waals surface area contributed by atoms with Crippen molar-refractivity contribution in [2.75, 3.05) is 0 Å². The first kappa shape index (κ1) is 14.6. The zero-order valence-corrected chi connectivity index (χ0v) is 11.1. The van der Waals surface area contributed by atoms with E-state index in [2.05, 4.69) is 5.32 Å². The maximum absolute atomic E-state index is 12.5. The molecule has 20 heavy (non-hydrogen) atoms. The lowest BCUT2D eigenvalue weighted by atomic mass is 10.1. The first-order valence-corrected chi connectivity index (χ1v) is 6.41. The van der Waals surface area contributed by atoms with Gasteiger partial charge in [0.15, 0.2) is 0 Å². The van der Waals surface area contributed by atoms with Gasteiger partial charge in [0.1, 0.15) is 0 Å². The Morgan fingerprint density at radius 2 is 1.55 bits per heavy atom. The summed E-state index contributed by atoms with van der Waals surface area (Å²) in [5.74, 6) is 0. The maximum Gasteiger partial charge on any atom is 0.416 e. The number of halogens is 3. The van der Waals surface area contributed by atoms with Crippen molar-refractivity contribution >= 4 is 0 Å². The van der Waals surface area contributed by atoms with Crippen LogP contribution in [0.2, 0.25) is 0 Å². The molecular formula is C16H16F3N. The number of hydrogen-bond acceptors (Lipinski definition) is 1. The summed E-state index contributed by atoms with van der Waals surface area (Å²) < 4.78 is 37.4. The molecule has 0 saturated carbocycles. The molecule has 0 bridgehead atoms. The SMILES string of the molecule is C[C@@H](NCc1ccccc1)c1ccc(C(F)(F)F)cc1. The van der Waals surface area contributed by atoms with Gasteiger partial charge in [0.2, 0.25) is 0 Å². The fourth-order valence-corrected chi connectivity index (χ4v) is 1.95. The third-order valence-corrected chi connectivity index (χ3v) is 3.19. The molecule has 0 fully saturated rings. The molecule has 0 unspecified atom stereocenters. The average Bonchev–Trinajstić information content (AvgIpc) is 2.45. The van der Waals surface area contributed by atoms with E-state index in [1.54, 1.807) is 0 Å². The van der Waals surface area contributed by atoms with Crippen LogP contribution < -0.4 is 5.32 Å². The fraction of sp³-hybridized carbons (Fsp3) is 0.250. The predicted molar refractivity (Wildman–Crippen MR) is 73.1 cm³/mol. The molecular weight excluding hydrogens is 263 g/mol. The lowest BCUT2D eigenvalue weighted by Gasteiger charge is -2.15. The number of hydrogen-bond donors (Lipinski definition) is 1. The molecule has 1 N–H and O–H groups in total. The highest BCUT2D eigenvalue weighted by molar-refractivity contribution is 5.26. The van der Waals surface area contributed by atoms with Gasteiger partial charge in [-0.2, -0.15) is 13.2 Å². The van der Waals surface area contributed by atoms with E-state index in [-0.39, 0.29) is 6.04 Å². The Morgan fingerprint density at radius 1 is 0.950 bits per heavy atom. The van der Waals surface area contributed by atoms with Crippen LogP contribution in [0.5, 0.6) is 0 Å². The van der Waals surface area contributed by atoms with Crippen LogP contribution >= 0.6 is 0 Å². The van der Waals surface area contributed by atoms with E-state index < -0.39 is 11.7 Å². The van der Waals surface area contributed by atoms with Gasteiger partial charge in [0, 0.05) is 12.6 Å². The van der Waals surface area contributed by atoms with Crippen molar-refractivity contribution in [3.63, 3.8) is 0 Å². The highest BCUT2D eigenvalue weighted by Gasteiger charge is 2.30. The standard InChI is InChI=1S/C16H16F3N/c1-12(20-11-13-5-3-2-4-6-13)14-7-9-15(10-8-14)16(17,18)19/h2-10,12,20H,11H2,1H3/t12-/m1/s1. The Bertz CT molecular complexity index is 532. The molecule has 1 atom stereocenters. The monoisotopic (exact) mass is 279 g/mol. The quantitative estimate of drug-likeness (QED) is 0.865. The van der Waals surface area contributed by atoms with Gasteiger partial charge in [-0.1, -0.05) is 42.5 Å². The Kier molecular flexibility index (Phi) is 4.45. The Morgan fingerprint density at radius 3 is 2.10 bits per heavy atom. The zero-order chi connectivity index (χ0) is 14.6. The minimum absolute atomic E-state index is 0.00232. The summed E-state index contributed by atoms with van der Waals surface area (Å²) in [6, 6.07) is 15.2. The summed E-state index contributed by atoms with van der Waals surface area (Å²) in [5.41, 5.74) is 1.37. The van der Waals surface area contributed by atoms with Crippen LogP contribution in [-0.2, 0) is 12.7 Å². The molecule has 2 rings (SSSR count). The van der Waals surface area contributed by atoms with Gasteiger partial charge in [-0.3, -0.25) is 0 Å². The molecule has 0 radical (unpaired) electrons. The van der Waals surface area contributed by atoms with Gasteiger partial charge in [-0.15, -0.1) is 0 Å². The largest absolute Gasteiger partial charge is 0.416 e. The smallest absolute Gasteiger partial charge is 0.306 e. The summed E-state index contributed by atoms with van der Waals surface area (Å²) in [5, 5.41) is 3.29. The van der Waals surface area contributed by atoms with E-state index >= 15 is 0 Å². The van der Waals surface area contributed by atoms with Crippen LogP contribution in [0.3, 0.4) is 0 Å². The molecule has 0 amide bonds. The topological polar surface area (TPSA) is 12.0 Å². The zero-order valence-electron chi connectivity index (χ0n) is 11.1. The third-order valence-electron chi connectivity index (χ3n) is 3.19. The Labute approximate surface area is 116 Å². The number of nitrogens with one attached hydrogen (secondary N) is 1. The predicted octanol–water partition coefficient (Wildman–Crippen LogP) is 4.56. The van der Waals surface area contributed by atoms with Gasteiger partial charge >= 0.3 is 6.18 Å². The van der Waals surface area contributed by atoms with Crippen molar-refractivity contribution in [1.29, 1.82) is 0 Å². The van der Waals surface area contributed by atoms with Crippen molar-refractivity contribution in [2.45, 2.75) is 25.7 Å². The molecule has 0 heterocycles. The normalized spacial score (nSPS) is 13.2. The van der Waals surface area contributed by atoms with Gasteiger partial charge in [0.25, 0.3) is 0 Å². The number of benzene rings is 2. The molecule has 2 aromatic rings. The second kappa shape index (κ2) is 6.09. The molecule has 0 saturated heterocycles. The van der Waals surface area contributed by atoms with Crippen molar-refractivity contribution in [2.24, 2.45) is 0 Å². The molecule has 1 nitrogen and oxygen atoms in total. The van der Waals surface area contributed by atoms with Crippen molar-refractivity contribution in [3.05, 3.63) is 71.3 Å². The van der Waals surface area contributed by atoms with E-state index in [1.807, 2.05) is 37.3 Å². The van der Waals surface area contributed by atoms with E-state index in [1.165, 1.54) is 12.1 Å². The molecule has 0 aliphatic carbocycles. The Balaban J connectivity index is 1.97. The highest BCUT2D eigenvalue weighted by Crippen LogP contribution is 2.29. The van der Waals surface area contributed by atoms with Crippen LogP contribution in [0.25, 0.3) is 0 Å². The molecule has 106 valence electrons. The molecule has 4 heteroatoms. The first-order valence-electron chi connectivity index (χ1n) is 6.41. The second-order valence-electron chi connectivity index (χ2n) is 4.71. The van der Waals surface area contributed by atoms with Gasteiger partial charge in [-0.05, 0) is 30.2 Å². The van der Waals surface area contributed by atoms with E-state index in [0.717, 1.165) is 23.3 Å². The first-order chi connectivity index (χ1) is 9.47. The molecule has 0 aromatic heterocycles. The summed E-state index contributed by atoms with van der Waals surface area (Å²) in [6.07, 6.45) is -4.28. The minimum Gasteiger partial charge on any atom is -0.306 e. The number of rotatable bonds is 4. The van der Waals surface area contributed by atoms with Crippen LogP contribution in [0.15, 0.2) is 54.6 Å². The summed E-state index contributed by atoms with van der Waals surface area (Å²) in [4.78, 5) is 0. The third kappa shape index (κ3) is 3.84. The van der Waals surface area contributed by atoms with Crippen LogP contribution in [0.1, 0.15) is 29.7 Å². The van der Waals surface area contributed by atoms with Gasteiger partial charge in [0.05, 0.1) is 5.56 Å². The lowest BCUT2D eigenvalue weighted by Crippen LogP contribution is -2.18. The highest BCUT2D eigenvalue weighted by atomic mass is 19.4. The number of alkyl halides is 3. The van der Waals surface area contributed by atoms with E-state index in [9.17, 15) is 13.2 Å². The summed E-state index contributed by atoms with van der Waals surface area (Å²) in [7, 11) is 0.